The highest BCUT2D eigenvalue weighted by Crippen LogP contribution is 2.32. The summed E-state index contributed by atoms with van der Waals surface area (Å²) in [4.78, 5) is 0. The molecule has 0 saturated carbocycles. The fourth-order valence-electron chi connectivity index (χ4n) is 1.20. The second-order valence-corrected chi connectivity index (χ2v) is 4.12. The summed E-state index contributed by atoms with van der Waals surface area (Å²) >= 11 is 11.9. The van der Waals surface area contributed by atoms with Crippen molar-refractivity contribution < 1.29 is 4.42 Å². The van der Waals surface area contributed by atoms with Crippen LogP contribution in [-0.2, 0) is 0 Å². The lowest BCUT2D eigenvalue weighted by atomic mass is 10.2. The maximum Gasteiger partial charge on any atom is 0.249 e. The standard InChI is InChI=1S/C10H9Cl2N3O/c1-5(13)9-14-15-10(16-9)6-3-2-4-7(11)8(6)12/h2-5H,13H2,1H3. The van der Waals surface area contributed by atoms with Crippen LogP contribution in [0, 0.1) is 0 Å². The fourth-order valence-corrected chi connectivity index (χ4v) is 1.58. The SMILES string of the molecule is CC(N)c1nnc(-c2cccc(Cl)c2Cl)o1. The van der Waals surface area contributed by atoms with Crippen LogP contribution in [0.15, 0.2) is 22.6 Å². The molecule has 0 aliphatic rings. The van der Waals surface area contributed by atoms with E-state index in [-0.39, 0.29) is 6.04 Å². The first-order valence-corrected chi connectivity index (χ1v) is 5.38. The second kappa shape index (κ2) is 4.41. The number of rotatable bonds is 2. The monoisotopic (exact) mass is 257 g/mol. The first kappa shape index (κ1) is 11.4. The minimum atomic E-state index is -0.306. The number of hydrogen-bond donors (Lipinski definition) is 1. The van der Waals surface area contributed by atoms with Gasteiger partial charge in [-0.2, -0.15) is 0 Å². The van der Waals surface area contributed by atoms with E-state index in [0.29, 0.717) is 27.4 Å². The molecule has 0 saturated heterocycles. The predicted octanol–water partition coefficient (Wildman–Crippen LogP) is 3.06. The molecule has 0 bridgehead atoms. The number of benzene rings is 1. The molecule has 2 rings (SSSR count). The summed E-state index contributed by atoms with van der Waals surface area (Å²) in [5.41, 5.74) is 6.22. The third-order valence-electron chi connectivity index (χ3n) is 2.01. The Morgan fingerprint density at radius 1 is 1.31 bits per heavy atom. The van der Waals surface area contributed by atoms with E-state index in [1.807, 2.05) is 0 Å². The number of nitrogens with zero attached hydrogens (tertiary/aromatic N) is 2. The second-order valence-electron chi connectivity index (χ2n) is 3.34. The Hall–Kier alpha value is -1.10. The van der Waals surface area contributed by atoms with Crippen LogP contribution in [0.3, 0.4) is 0 Å². The minimum Gasteiger partial charge on any atom is -0.419 e. The Bertz CT molecular complexity index is 511. The van der Waals surface area contributed by atoms with Crippen LogP contribution in [-0.4, -0.2) is 10.2 Å². The first-order chi connectivity index (χ1) is 7.59. The normalized spacial score (nSPS) is 12.8. The number of hydrogen-bond acceptors (Lipinski definition) is 4. The zero-order valence-electron chi connectivity index (χ0n) is 8.45. The van der Waals surface area contributed by atoms with Gasteiger partial charge >= 0.3 is 0 Å². The van der Waals surface area contributed by atoms with E-state index in [4.69, 9.17) is 33.4 Å². The molecule has 0 amide bonds. The average molecular weight is 258 g/mol. The lowest BCUT2D eigenvalue weighted by Gasteiger charge is -2.00. The van der Waals surface area contributed by atoms with Gasteiger partial charge in [0, 0.05) is 0 Å². The molecular formula is C10H9Cl2N3O. The summed E-state index contributed by atoms with van der Waals surface area (Å²) in [6.45, 7) is 1.76. The van der Waals surface area contributed by atoms with Gasteiger partial charge in [-0.05, 0) is 19.1 Å². The average Bonchev–Trinajstić information content (AvgIpc) is 2.71. The lowest BCUT2D eigenvalue weighted by molar-refractivity contribution is 0.473. The van der Waals surface area contributed by atoms with Gasteiger partial charge in [0.1, 0.15) is 0 Å². The van der Waals surface area contributed by atoms with Crippen LogP contribution in [0.25, 0.3) is 11.5 Å². The molecule has 4 nitrogen and oxygen atoms in total. The van der Waals surface area contributed by atoms with Gasteiger partial charge < -0.3 is 10.2 Å². The van der Waals surface area contributed by atoms with E-state index in [9.17, 15) is 0 Å². The molecular weight excluding hydrogens is 249 g/mol. The van der Waals surface area contributed by atoms with Crippen LogP contribution in [0.1, 0.15) is 18.9 Å². The van der Waals surface area contributed by atoms with Crippen molar-refractivity contribution in [3.63, 3.8) is 0 Å². The molecule has 2 aromatic rings. The zero-order valence-corrected chi connectivity index (χ0v) is 9.96. The van der Waals surface area contributed by atoms with E-state index in [2.05, 4.69) is 10.2 Å². The van der Waals surface area contributed by atoms with Gasteiger partial charge in [-0.1, -0.05) is 29.3 Å². The van der Waals surface area contributed by atoms with Crippen LogP contribution in [0.4, 0.5) is 0 Å². The molecule has 0 radical (unpaired) electrons. The van der Waals surface area contributed by atoms with E-state index in [1.165, 1.54) is 0 Å². The number of aromatic nitrogens is 2. The molecule has 6 heteroatoms. The quantitative estimate of drug-likeness (QED) is 0.898. The molecule has 1 heterocycles. The van der Waals surface area contributed by atoms with Crippen molar-refractivity contribution in [1.29, 1.82) is 0 Å². The molecule has 1 unspecified atom stereocenters. The first-order valence-electron chi connectivity index (χ1n) is 4.63. The highest BCUT2D eigenvalue weighted by Gasteiger charge is 2.15. The van der Waals surface area contributed by atoms with Crippen molar-refractivity contribution in [2.24, 2.45) is 5.73 Å². The fraction of sp³-hybridized carbons (Fsp3) is 0.200. The molecule has 0 spiro atoms. The topological polar surface area (TPSA) is 64.9 Å². The summed E-state index contributed by atoms with van der Waals surface area (Å²) in [6.07, 6.45) is 0. The van der Waals surface area contributed by atoms with Gasteiger partial charge in [0.2, 0.25) is 11.8 Å². The summed E-state index contributed by atoms with van der Waals surface area (Å²) < 4.78 is 5.38. The summed E-state index contributed by atoms with van der Waals surface area (Å²) in [6, 6.07) is 4.90. The van der Waals surface area contributed by atoms with Gasteiger partial charge in [-0.3, -0.25) is 0 Å². The highest BCUT2D eigenvalue weighted by molar-refractivity contribution is 6.43. The third-order valence-corrected chi connectivity index (χ3v) is 2.83. The largest absolute Gasteiger partial charge is 0.419 e. The van der Waals surface area contributed by atoms with Gasteiger partial charge in [-0.25, -0.2) is 0 Å². The molecule has 0 fully saturated rings. The molecule has 1 atom stereocenters. The van der Waals surface area contributed by atoms with Gasteiger partial charge in [0.05, 0.1) is 21.7 Å². The van der Waals surface area contributed by atoms with Crippen molar-refractivity contribution in [3.8, 4) is 11.5 Å². The molecule has 0 aliphatic carbocycles. The zero-order chi connectivity index (χ0) is 11.7. The molecule has 2 N–H and O–H groups in total. The Morgan fingerprint density at radius 2 is 2.06 bits per heavy atom. The van der Waals surface area contributed by atoms with Crippen LogP contribution >= 0.6 is 23.2 Å². The Balaban J connectivity index is 2.47. The molecule has 1 aromatic carbocycles. The van der Waals surface area contributed by atoms with Crippen molar-refractivity contribution in [3.05, 3.63) is 34.1 Å². The number of halogens is 2. The minimum absolute atomic E-state index is 0.306. The Labute approximate surface area is 102 Å². The lowest BCUT2D eigenvalue weighted by Crippen LogP contribution is -2.04. The van der Waals surface area contributed by atoms with E-state index < -0.39 is 0 Å². The highest BCUT2D eigenvalue weighted by atomic mass is 35.5. The molecule has 16 heavy (non-hydrogen) atoms. The van der Waals surface area contributed by atoms with Gasteiger partial charge in [-0.15, -0.1) is 10.2 Å². The van der Waals surface area contributed by atoms with Crippen molar-refractivity contribution in [2.45, 2.75) is 13.0 Å². The van der Waals surface area contributed by atoms with Crippen molar-refractivity contribution >= 4 is 23.2 Å². The Kier molecular flexibility index (Phi) is 3.14. The predicted molar refractivity (Wildman–Crippen MR) is 62.4 cm³/mol. The maximum atomic E-state index is 6.03. The van der Waals surface area contributed by atoms with Crippen LogP contribution < -0.4 is 5.73 Å². The summed E-state index contributed by atoms with van der Waals surface area (Å²) in [5.74, 6) is 0.686. The van der Waals surface area contributed by atoms with Gasteiger partial charge in [0.25, 0.3) is 0 Å². The van der Waals surface area contributed by atoms with Crippen molar-refractivity contribution in [1.82, 2.24) is 10.2 Å². The van der Waals surface area contributed by atoms with E-state index in [0.717, 1.165) is 0 Å². The molecule has 84 valence electrons. The third kappa shape index (κ3) is 2.04. The van der Waals surface area contributed by atoms with E-state index >= 15 is 0 Å². The van der Waals surface area contributed by atoms with Crippen LogP contribution in [0.5, 0.6) is 0 Å². The smallest absolute Gasteiger partial charge is 0.249 e. The van der Waals surface area contributed by atoms with E-state index in [1.54, 1.807) is 25.1 Å². The maximum absolute atomic E-state index is 6.03. The summed E-state index contributed by atoms with van der Waals surface area (Å²) in [5, 5.41) is 8.53. The van der Waals surface area contributed by atoms with Crippen molar-refractivity contribution in [2.75, 3.05) is 0 Å². The van der Waals surface area contributed by atoms with Gasteiger partial charge in [0.15, 0.2) is 0 Å². The molecule has 1 aromatic heterocycles. The van der Waals surface area contributed by atoms with Crippen LogP contribution in [0.2, 0.25) is 10.0 Å². The number of nitrogens with two attached hydrogens (primary N) is 1. The summed E-state index contributed by atoms with van der Waals surface area (Å²) in [7, 11) is 0. The molecule has 0 aliphatic heterocycles. The Morgan fingerprint density at radius 3 is 2.69 bits per heavy atom.